The molecule has 8 heteroatoms. The summed E-state index contributed by atoms with van der Waals surface area (Å²) in [5, 5.41) is 12.1. The Balaban J connectivity index is 0.000000970. The molecule has 1 heterocycles. The number of aliphatic imine (C=N–C) groups is 1. The van der Waals surface area contributed by atoms with Crippen LogP contribution in [0.15, 0.2) is 34.5 Å². The van der Waals surface area contributed by atoms with E-state index in [0.29, 0.717) is 5.96 Å². The van der Waals surface area contributed by atoms with Crippen LogP contribution in [0.2, 0.25) is 0 Å². The number of aromatic nitrogens is 1. The lowest BCUT2D eigenvalue weighted by atomic mass is 10.2. The number of fused-ring (bicyclic) bond motifs is 1. The van der Waals surface area contributed by atoms with Gasteiger partial charge in [0.1, 0.15) is 5.75 Å². The maximum absolute atomic E-state index is 8.36. The molecule has 0 aliphatic heterocycles. The van der Waals surface area contributed by atoms with Crippen LogP contribution < -0.4 is 15.9 Å². The SMILES string of the molecule is CCCCCN=C(N)N/N=C/c1c[nH]c2ccc(OC)cc12.O=CO. The van der Waals surface area contributed by atoms with Crippen molar-refractivity contribution >= 4 is 29.5 Å². The van der Waals surface area contributed by atoms with E-state index in [2.05, 4.69) is 27.4 Å². The molecule has 2 aromatic rings. The molecule has 5 N–H and O–H groups in total. The quantitative estimate of drug-likeness (QED) is 0.201. The molecule has 0 aliphatic rings. The van der Waals surface area contributed by atoms with Crippen LogP contribution in [0.1, 0.15) is 31.7 Å². The van der Waals surface area contributed by atoms with Crippen LogP contribution in [0.25, 0.3) is 10.9 Å². The Morgan fingerprint density at radius 3 is 2.88 bits per heavy atom. The van der Waals surface area contributed by atoms with Crippen molar-refractivity contribution in [1.29, 1.82) is 0 Å². The maximum Gasteiger partial charge on any atom is 0.290 e. The van der Waals surface area contributed by atoms with Crippen LogP contribution in [0.5, 0.6) is 5.75 Å². The standard InChI is InChI=1S/C16H23N5O.CH2O2/c1-3-4-5-8-18-16(17)21-20-11-12-10-19-15-7-6-13(22-2)9-14(12)15;2-1-3/h6-7,9-11,19H,3-5,8H2,1-2H3,(H3,17,18,21);1H,(H,2,3)/b20-11+;. The number of hydrazone groups is 1. The molecule has 0 unspecified atom stereocenters. The van der Waals surface area contributed by atoms with Gasteiger partial charge in [0.2, 0.25) is 5.96 Å². The lowest BCUT2D eigenvalue weighted by molar-refractivity contribution is -0.122. The van der Waals surface area contributed by atoms with Crippen molar-refractivity contribution in [2.75, 3.05) is 13.7 Å². The number of guanidine groups is 1. The van der Waals surface area contributed by atoms with Crippen molar-refractivity contribution in [3.63, 3.8) is 0 Å². The molecule has 0 spiro atoms. The molecule has 0 saturated carbocycles. The average molecular weight is 347 g/mol. The summed E-state index contributed by atoms with van der Waals surface area (Å²) in [4.78, 5) is 15.8. The van der Waals surface area contributed by atoms with Crippen LogP contribution in [-0.2, 0) is 4.79 Å². The summed E-state index contributed by atoms with van der Waals surface area (Å²) < 4.78 is 5.24. The zero-order valence-electron chi connectivity index (χ0n) is 14.5. The topological polar surface area (TPSA) is 125 Å². The van der Waals surface area contributed by atoms with Gasteiger partial charge in [0.25, 0.3) is 6.47 Å². The highest BCUT2D eigenvalue weighted by Gasteiger charge is 2.03. The van der Waals surface area contributed by atoms with Crippen molar-refractivity contribution in [3.8, 4) is 5.75 Å². The molecule has 25 heavy (non-hydrogen) atoms. The predicted molar refractivity (Wildman–Crippen MR) is 100 cm³/mol. The van der Waals surface area contributed by atoms with E-state index in [9.17, 15) is 0 Å². The highest BCUT2D eigenvalue weighted by molar-refractivity contribution is 5.99. The molecular formula is C17H25N5O3. The number of H-pyrrole nitrogens is 1. The molecule has 2 rings (SSSR count). The van der Waals surface area contributed by atoms with Gasteiger partial charge in [-0.3, -0.25) is 9.79 Å². The van der Waals surface area contributed by atoms with Crippen molar-refractivity contribution < 1.29 is 14.6 Å². The van der Waals surface area contributed by atoms with Gasteiger partial charge in [-0.25, -0.2) is 5.43 Å². The van der Waals surface area contributed by atoms with Crippen molar-refractivity contribution in [1.82, 2.24) is 10.4 Å². The summed E-state index contributed by atoms with van der Waals surface area (Å²) in [6.45, 7) is 2.64. The van der Waals surface area contributed by atoms with E-state index < -0.39 is 0 Å². The number of carbonyl (C=O) groups is 1. The average Bonchev–Trinajstić information content (AvgIpc) is 3.02. The van der Waals surface area contributed by atoms with E-state index in [1.165, 1.54) is 6.42 Å². The molecule has 0 bridgehead atoms. The second-order valence-corrected chi connectivity index (χ2v) is 5.11. The minimum Gasteiger partial charge on any atom is -0.497 e. The number of rotatable bonds is 7. The van der Waals surface area contributed by atoms with Crippen LogP contribution in [0.4, 0.5) is 0 Å². The third-order valence-electron chi connectivity index (χ3n) is 3.35. The number of hydrogen-bond donors (Lipinski definition) is 4. The highest BCUT2D eigenvalue weighted by atomic mass is 16.5. The van der Waals surface area contributed by atoms with Crippen molar-refractivity contribution in [3.05, 3.63) is 30.0 Å². The van der Waals surface area contributed by atoms with E-state index in [0.717, 1.165) is 41.6 Å². The van der Waals surface area contributed by atoms with Crippen LogP contribution in [0.3, 0.4) is 0 Å². The fourth-order valence-electron chi connectivity index (χ4n) is 2.12. The number of nitrogens with one attached hydrogen (secondary N) is 2. The fraction of sp³-hybridized carbons (Fsp3) is 0.353. The molecule has 8 nitrogen and oxygen atoms in total. The summed E-state index contributed by atoms with van der Waals surface area (Å²) in [7, 11) is 1.65. The first-order chi connectivity index (χ1) is 12.2. The molecule has 0 radical (unpaired) electrons. The molecule has 0 atom stereocenters. The second-order valence-electron chi connectivity index (χ2n) is 5.11. The number of unbranched alkanes of at least 4 members (excludes halogenated alkanes) is 2. The van der Waals surface area contributed by atoms with Gasteiger partial charge in [0.05, 0.1) is 13.3 Å². The molecule has 0 fully saturated rings. The first-order valence-corrected chi connectivity index (χ1v) is 7.98. The number of carboxylic acid groups (broad SMARTS) is 1. The van der Waals surface area contributed by atoms with Gasteiger partial charge in [-0.05, 0) is 24.6 Å². The Hall–Kier alpha value is -3.03. The first kappa shape index (κ1) is 20.0. The highest BCUT2D eigenvalue weighted by Crippen LogP contribution is 2.22. The monoisotopic (exact) mass is 347 g/mol. The van der Waals surface area contributed by atoms with E-state index in [1.807, 2.05) is 24.4 Å². The fourth-order valence-corrected chi connectivity index (χ4v) is 2.12. The van der Waals surface area contributed by atoms with Gasteiger partial charge in [0.15, 0.2) is 0 Å². The summed E-state index contributed by atoms with van der Waals surface area (Å²) in [6.07, 6.45) is 6.99. The summed E-state index contributed by atoms with van der Waals surface area (Å²) >= 11 is 0. The van der Waals surface area contributed by atoms with Crippen LogP contribution >= 0.6 is 0 Å². The van der Waals surface area contributed by atoms with Crippen LogP contribution in [-0.4, -0.2) is 42.4 Å². The third-order valence-corrected chi connectivity index (χ3v) is 3.35. The minimum absolute atomic E-state index is 0.250. The lowest BCUT2D eigenvalue weighted by Gasteiger charge is -2.00. The van der Waals surface area contributed by atoms with Gasteiger partial charge < -0.3 is 20.6 Å². The minimum atomic E-state index is -0.250. The number of hydrogen-bond acceptors (Lipinski definition) is 4. The van der Waals surface area contributed by atoms with Gasteiger partial charge >= 0.3 is 0 Å². The summed E-state index contributed by atoms with van der Waals surface area (Å²) in [5.74, 6) is 1.15. The number of ether oxygens (including phenoxy) is 1. The Morgan fingerprint density at radius 1 is 1.44 bits per heavy atom. The zero-order chi connectivity index (χ0) is 18.5. The first-order valence-electron chi connectivity index (χ1n) is 7.98. The Kier molecular flexibility index (Phi) is 9.20. The van der Waals surface area contributed by atoms with Gasteiger partial charge in [-0.1, -0.05) is 19.8 Å². The van der Waals surface area contributed by atoms with Gasteiger partial charge in [-0.2, -0.15) is 5.10 Å². The number of nitrogens with two attached hydrogens (primary N) is 1. The lowest BCUT2D eigenvalue weighted by Crippen LogP contribution is -2.27. The molecule has 0 aliphatic carbocycles. The molecule has 1 aromatic carbocycles. The number of methoxy groups -OCH3 is 1. The second kappa shape index (κ2) is 11.5. The summed E-state index contributed by atoms with van der Waals surface area (Å²) in [6, 6.07) is 5.86. The maximum atomic E-state index is 8.36. The third kappa shape index (κ3) is 6.94. The number of benzene rings is 1. The van der Waals surface area contributed by atoms with Crippen molar-refractivity contribution in [2.45, 2.75) is 26.2 Å². The Bertz CT molecular complexity index is 709. The zero-order valence-corrected chi connectivity index (χ0v) is 14.5. The molecule has 136 valence electrons. The Labute approximate surface area is 146 Å². The Morgan fingerprint density at radius 2 is 2.20 bits per heavy atom. The normalized spacial score (nSPS) is 11.2. The largest absolute Gasteiger partial charge is 0.497 e. The number of aromatic amines is 1. The molecular weight excluding hydrogens is 322 g/mol. The summed E-state index contributed by atoms with van der Waals surface area (Å²) in [5.41, 5.74) is 10.5. The predicted octanol–water partition coefficient (Wildman–Crippen LogP) is 2.31. The number of nitrogens with zero attached hydrogens (tertiary/aromatic N) is 2. The van der Waals surface area contributed by atoms with Gasteiger partial charge in [0, 0.05) is 29.2 Å². The van der Waals surface area contributed by atoms with E-state index in [4.69, 9.17) is 20.4 Å². The van der Waals surface area contributed by atoms with Crippen molar-refractivity contribution in [2.24, 2.45) is 15.8 Å². The van der Waals surface area contributed by atoms with E-state index in [-0.39, 0.29) is 6.47 Å². The van der Waals surface area contributed by atoms with E-state index >= 15 is 0 Å². The van der Waals surface area contributed by atoms with Crippen LogP contribution in [0, 0.1) is 0 Å². The molecule has 0 saturated heterocycles. The molecule has 1 aromatic heterocycles. The smallest absolute Gasteiger partial charge is 0.290 e. The van der Waals surface area contributed by atoms with Gasteiger partial charge in [-0.15, -0.1) is 0 Å². The van der Waals surface area contributed by atoms with E-state index in [1.54, 1.807) is 13.3 Å². The molecule has 0 amide bonds.